The second-order valence-corrected chi connectivity index (χ2v) is 6.15. The minimum Gasteiger partial charge on any atom is -0.280 e. The molecule has 1 aromatic heterocycles. The molecular weight excluding hydrogens is 286 g/mol. The lowest BCUT2D eigenvalue weighted by molar-refractivity contribution is 0.601. The first-order valence-corrected chi connectivity index (χ1v) is 7.65. The molecular formula is C12H14ClN3O2S. The Morgan fingerprint density at radius 1 is 1.26 bits per heavy atom. The quantitative estimate of drug-likeness (QED) is 0.852. The van der Waals surface area contributed by atoms with Crippen LogP contribution in [-0.4, -0.2) is 18.6 Å². The standard InChI is InChI=1S/C12H14ClN3O2S/c1-8-9(2)14-15-12(8)16-19(17,18)11-5-3-10(7-13)4-6-11/h3-6H,7H2,1-2H3,(H2,14,15,16). The van der Waals surface area contributed by atoms with Gasteiger partial charge in [0.25, 0.3) is 10.0 Å². The van der Waals surface area contributed by atoms with E-state index in [-0.39, 0.29) is 4.90 Å². The van der Waals surface area contributed by atoms with Gasteiger partial charge in [-0.15, -0.1) is 11.6 Å². The number of sulfonamides is 1. The number of hydrogen-bond donors (Lipinski definition) is 2. The Morgan fingerprint density at radius 3 is 2.37 bits per heavy atom. The highest BCUT2D eigenvalue weighted by Crippen LogP contribution is 2.19. The first-order valence-electron chi connectivity index (χ1n) is 5.63. The number of alkyl halides is 1. The van der Waals surface area contributed by atoms with E-state index < -0.39 is 10.0 Å². The van der Waals surface area contributed by atoms with E-state index in [1.54, 1.807) is 19.1 Å². The number of nitrogens with one attached hydrogen (secondary N) is 2. The average Bonchev–Trinajstić information content (AvgIpc) is 2.70. The van der Waals surface area contributed by atoms with Gasteiger partial charge < -0.3 is 0 Å². The Morgan fingerprint density at radius 2 is 1.89 bits per heavy atom. The molecule has 2 N–H and O–H groups in total. The molecule has 0 atom stereocenters. The van der Waals surface area contributed by atoms with Gasteiger partial charge in [0.2, 0.25) is 0 Å². The summed E-state index contributed by atoms with van der Waals surface area (Å²) in [4.78, 5) is 0.182. The van der Waals surface area contributed by atoms with Crippen LogP contribution in [0.15, 0.2) is 29.2 Å². The molecule has 19 heavy (non-hydrogen) atoms. The second kappa shape index (κ2) is 5.22. The molecule has 0 aliphatic carbocycles. The largest absolute Gasteiger partial charge is 0.280 e. The van der Waals surface area contributed by atoms with Crippen molar-refractivity contribution in [2.24, 2.45) is 0 Å². The van der Waals surface area contributed by atoms with E-state index in [4.69, 9.17) is 11.6 Å². The summed E-state index contributed by atoms with van der Waals surface area (Å²) in [6, 6.07) is 6.41. The van der Waals surface area contributed by atoms with Crippen molar-refractivity contribution in [2.75, 3.05) is 4.72 Å². The number of anilines is 1. The fourth-order valence-corrected chi connectivity index (χ4v) is 2.77. The van der Waals surface area contributed by atoms with Crippen molar-refractivity contribution >= 4 is 27.4 Å². The maximum atomic E-state index is 12.2. The second-order valence-electron chi connectivity index (χ2n) is 4.21. The molecule has 0 fully saturated rings. The summed E-state index contributed by atoms with van der Waals surface area (Å²) in [7, 11) is -3.62. The predicted octanol–water partition coefficient (Wildman–Crippen LogP) is 2.57. The van der Waals surface area contributed by atoms with Gasteiger partial charge >= 0.3 is 0 Å². The number of benzene rings is 1. The topological polar surface area (TPSA) is 74.8 Å². The van der Waals surface area contributed by atoms with Crippen LogP contribution in [0.4, 0.5) is 5.82 Å². The van der Waals surface area contributed by atoms with Crippen LogP contribution >= 0.6 is 11.6 Å². The lowest BCUT2D eigenvalue weighted by atomic mass is 10.2. The number of hydrogen-bond acceptors (Lipinski definition) is 3. The van der Waals surface area contributed by atoms with E-state index in [9.17, 15) is 8.42 Å². The van der Waals surface area contributed by atoms with E-state index in [1.807, 2.05) is 6.92 Å². The number of H-pyrrole nitrogens is 1. The minimum atomic E-state index is -3.62. The number of aromatic amines is 1. The van der Waals surface area contributed by atoms with Crippen LogP contribution in [0.1, 0.15) is 16.8 Å². The molecule has 0 aliphatic heterocycles. The zero-order valence-electron chi connectivity index (χ0n) is 10.6. The molecule has 0 amide bonds. The summed E-state index contributed by atoms with van der Waals surface area (Å²) in [5, 5.41) is 6.66. The van der Waals surface area contributed by atoms with Crippen molar-refractivity contribution in [2.45, 2.75) is 24.6 Å². The molecule has 0 saturated heterocycles. The lowest BCUT2D eigenvalue weighted by Gasteiger charge is -2.07. The highest BCUT2D eigenvalue weighted by molar-refractivity contribution is 7.92. The summed E-state index contributed by atoms with van der Waals surface area (Å²) in [6.45, 7) is 3.63. The van der Waals surface area contributed by atoms with E-state index in [0.29, 0.717) is 11.7 Å². The van der Waals surface area contributed by atoms with Crippen LogP contribution in [0.25, 0.3) is 0 Å². The number of aryl methyl sites for hydroxylation is 1. The van der Waals surface area contributed by atoms with Gasteiger partial charge in [-0.25, -0.2) is 8.42 Å². The molecule has 0 aliphatic rings. The molecule has 0 bridgehead atoms. The zero-order chi connectivity index (χ0) is 14.0. The van der Waals surface area contributed by atoms with Crippen molar-refractivity contribution in [3.63, 3.8) is 0 Å². The van der Waals surface area contributed by atoms with Crippen LogP contribution in [0.3, 0.4) is 0 Å². The van der Waals surface area contributed by atoms with Crippen LogP contribution in [0.2, 0.25) is 0 Å². The fourth-order valence-electron chi connectivity index (χ4n) is 1.53. The van der Waals surface area contributed by atoms with Gasteiger partial charge in [-0.2, -0.15) is 5.10 Å². The molecule has 7 heteroatoms. The Labute approximate surface area is 117 Å². The van der Waals surface area contributed by atoms with Crippen molar-refractivity contribution in [1.29, 1.82) is 0 Å². The maximum Gasteiger partial charge on any atom is 0.263 e. The number of rotatable bonds is 4. The first-order chi connectivity index (χ1) is 8.94. The molecule has 0 radical (unpaired) electrons. The normalized spacial score (nSPS) is 11.5. The lowest BCUT2D eigenvalue weighted by Crippen LogP contribution is -2.14. The van der Waals surface area contributed by atoms with Crippen molar-refractivity contribution < 1.29 is 8.42 Å². The van der Waals surface area contributed by atoms with Crippen LogP contribution < -0.4 is 4.72 Å². The zero-order valence-corrected chi connectivity index (χ0v) is 12.1. The Bertz CT molecular complexity index is 678. The molecule has 1 heterocycles. The SMILES string of the molecule is Cc1[nH]nc(NS(=O)(=O)c2ccc(CCl)cc2)c1C. The summed E-state index contributed by atoms with van der Waals surface area (Å²) in [6.07, 6.45) is 0. The summed E-state index contributed by atoms with van der Waals surface area (Å²) in [5.74, 6) is 0.671. The third-order valence-electron chi connectivity index (χ3n) is 2.87. The van der Waals surface area contributed by atoms with Crippen LogP contribution in [0.5, 0.6) is 0 Å². The highest BCUT2D eigenvalue weighted by Gasteiger charge is 2.17. The van der Waals surface area contributed by atoms with Gasteiger partial charge in [0.05, 0.1) is 4.90 Å². The van der Waals surface area contributed by atoms with Crippen molar-refractivity contribution in [1.82, 2.24) is 10.2 Å². The van der Waals surface area contributed by atoms with Gasteiger partial charge in [0, 0.05) is 17.1 Å². The summed E-state index contributed by atoms with van der Waals surface area (Å²) < 4.78 is 26.8. The molecule has 1 aromatic carbocycles. The van der Waals surface area contributed by atoms with E-state index >= 15 is 0 Å². The maximum absolute atomic E-state index is 12.2. The molecule has 0 saturated carbocycles. The van der Waals surface area contributed by atoms with Gasteiger partial charge in [0.1, 0.15) is 0 Å². The number of aromatic nitrogens is 2. The molecule has 0 spiro atoms. The predicted molar refractivity (Wildman–Crippen MR) is 74.9 cm³/mol. The molecule has 102 valence electrons. The van der Waals surface area contributed by atoms with Crippen LogP contribution in [-0.2, 0) is 15.9 Å². The van der Waals surface area contributed by atoms with Gasteiger partial charge in [-0.1, -0.05) is 12.1 Å². The van der Waals surface area contributed by atoms with E-state index in [2.05, 4.69) is 14.9 Å². The Hall–Kier alpha value is -1.53. The summed E-state index contributed by atoms with van der Waals surface area (Å²) >= 11 is 5.67. The molecule has 2 aromatic rings. The van der Waals surface area contributed by atoms with E-state index in [0.717, 1.165) is 16.8 Å². The Balaban J connectivity index is 2.29. The van der Waals surface area contributed by atoms with Gasteiger partial charge in [-0.3, -0.25) is 9.82 Å². The minimum absolute atomic E-state index is 0.182. The monoisotopic (exact) mass is 299 g/mol. The number of halogens is 1. The molecule has 5 nitrogen and oxygen atoms in total. The first kappa shape index (κ1) is 13.9. The summed E-state index contributed by atoms with van der Waals surface area (Å²) in [5.41, 5.74) is 2.48. The average molecular weight is 300 g/mol. The van der Waals surface area contributed by atoms with E-state index in [1.165, 1.54) is 12.1 Å². The highest BCUT2D eigenvalue weighted by atomic mass is 35.5. The van der Waals surface area contributed by atoms with Gasteiger partial charge in [0.15, 0.2) is 5.82 Å². The van der Waals surface area contributed by atoms with Gasteiger partial charge in [-0.05, 0) is 31.5 Å². The van der Waals surface area contributed by atoms with Crippen molar-refractivity contribution in [3.05, 3.63) is 41.1 Å². The Kier molecular flexibility index (Phi) is 3.82. The number of nitrogens with zero attached hydrogens (tertiary/aromatic N) is 1. The molecule has 0 unspecified atom stereocenters. The third kappa shape index (κ3) is 2.90. The third-order valence-corrected chi connectivity index (χ3v) is 4.54. The van der Waals surface area contributed by atoms with Crippen LogP contribution in [0, 0.1) is 13.8 Å². The fraction of sp³-hybridized carbons (Fsp3) is 0.250. The molecule has 2 rings (SSSR count). The van der Waals surface area contributed by atoms with Crippen molar-refractivity contribution in [3.8, 4) is 0 Å². The smallest absolute Gasteiger partial charge is 0.263 e.